The Labute approximate surface area is 213 Å². The highest BCUT2D eigenvalue weighted by atomic mass is 28.3. The Morgan fingerprint density at radius 3 is 2.43 bits per heavy atom. The smallest absolute Gasteiger partial charge is 0.421 e. The number of aromatic nitrogens is 3. The second-order valence-corrected chi connectivity index (χ2v) is 15.1. The van der Waals surface area contributed by atoms with Crippen molar-refractivity contribution >= 4 is 30.8 Å². The molecule has 2 aromatic carbocycles. The van der Waals surface area contributed by atoms with Gasteiger partial charge in [-0.3, -0.25) is 0 Å². The summed E-state index contributed by atoms with van der Waals surface area (Å²) in [5.41, 5.74) is 2.39. The van der Waals surface area contributed by atoms with Crippen LogP contribution in [0.5, 0.6) is 11.5 Å². The van der Waals surface area contributed by atoms with Gasteiger partial charge in [-0.25, -0.2) is 19.3 Å². The van der Waals surface area contributed by atoms with Crippen LogP contribution < -0.4 is 20.5 Å². The molecule has 12 heteroatoms. The Morgan fingerprint density at radius 1 is 1.05 bits per heavy atom. The zero-order valence-corrected chi connectivity index (χ0v) is 21.7. The average Bonchev–Trinajstić information content (AvgIpc) is 3.16. The number of alkyl halides is 2. The van der Waals surface area contributed by atoms with Crippen LogP contribution >= 0.6 is 0 Å². The van der Waals surface area contributed by atoms with Gasteiger partial charge < -0.3 is 23.9 Å². The van der Waals surface area contributed by atoms with Crippen molar-refractivity contribution in [2.45, 2.75) is 45.6 Å². The number of hydrogen-bond donors (Lipinski definition) is 1. The maximum Gasteiger partial charge on any atom is 0.421 e. The summed E-state index contributed by atoms with van der Waals surface area (Å²) < 4.78 is 47.2. The molecule has 0 radical (unpaired) electrons. The molecule has 1 N–H and O–H groups in total. The lowest BCUT2D eigenvalue weighted by Gasteiger charge is -2.15. The summed E-state index contributed by atoms with van der Waals surface area (Å²) in [6, 6.07) is 12.2. The number of halogens is 2. The highest BCUT2D eigenvalue weighted by molar-refractivity contribution is 6.76. The first-order valence-electron chi connectivity index (χ1n) is 11.6. The van der Waals surface area contributed by atoms with Crippen LogP contribution in [0.2, 0.25) is 25.7 Å². The van der Waals surface area contributed by atoms with Gasteiger partial charge in [0.15, 0.2) is 5.58 Å². The summed E-state index contributed by atoms with van der Waals surface area (Å²) in [4.78, 5) is 20.8. The molecule has 0 aliphatic heterocycles. The Morgan fingerprint density at radius 2 is 1.76 bits per heavy atom. The predicted octanol–water partition coefficient (Wildman–Crippen LogP) is 5.62. The van der Waals surface area contributed by atoms with E-state index in [1.807, 2.05) is 0 Å². The van der Waals surface area contributed by atoms with E-state index in [0.717, 1.165) is 11.6 Å². The van der Waals surface area contributed by atoms with Crippen LogP contribution in [-0.2, 0) is 18.1 Å². The average molecular weight is 531 g/mol. The van der Waals surface area contributed by atoms with Crippen molar-refractivity contribution in [3.63, 3.8) is 0 Å². The number of nitrogens with one attached hydrogen (secondary N) is 1. The topological polar surface area (TPSA) is 101 Å². The van der Waals surface area contributed by atoms with Crippen LogP contribution in [0.1, 0.15) is 5.56 Å². The number of benzene rings is 2. The fourth-order valence-electron chi connectivity index (χ4n) is 3.30. The minimum atomic E-state index is -2.87. The van der Waals surface area contributed by atoms with E-state index in [0.29, 0.717) is 35.1 Å². The van der Waals surface area contributed by atoms with Gasteiger partial charge in [0, 0.05) is 44.4 Å². The molecule has 0 spiro atoms. The van der Waals surface area contributed by atoms with E-state index in [4.69, 9.17) is 13.9 Å². The second kappa shape index (κ2) is 11.5. The Kier molecular flexibility index (Phi) is 8.19. The van der Waals surface area contributed by atoms with E-state index >= 15 is 0 Å². The monoisotopic (exact) mass is 530 g/mol. The van der Waals surface area contributed by atoms with Crippen LogP contribution in [0.25, 0.3) is 11.1 Å². The molecular weight excluding hydrogens is 502 g/mol. The normalized spacial score (nSPS) is 11.7. The minimum Gasteiger partial charge on any atom is -0.489 e. The van der Waals surface area contributed by atoms with Gasteiger partial charge in [0.05, 0.1) is 5.52 Å². The van der Waals surface area contributed by atoms with E-state index in [1.165, 1.54) is 16.7 Å². The third-order valence-corrected chi connectivity index (χ3v) is 7.01. The number of anilines is 2. The van der Waals surface area contributed by atoms with E-state index < -0.39 is 20.4 Å². The molecule has 37 heavy (non-hydrogen) atoms. The van der Waals surface area contributed by atoms with Gasteiger partial charge in [-0.2, -0.15) is 8.78 Å². The SMILES string of the molecule is C[Si](C)(C)CCOCn1c(=O)oc2cc(OCc3cnc(Nc4ccc(OC(F)F)cc4)nc3)ccc21. The summed E-state index contributed by atoms with van der Waals surface area (Å²) in [7, 11) is -1.21. The molecule has 4 rings (SSSR count). The molecule has 0 fully saturated rings. The number of fused-ring (bicyclic) bond motifs is 1. The summed E-state index contributed by atoms with van der Waals surface area (Å²) >= 11 is 0. The first kappa shape index (κ1) is 26.3. The number of ether oxygens (including phenoxy) is 3. The van der Waals surface area contributed by atoms with Crippen molar-refractivity contribution < 1.29 is 27.4 Å². The molecule has 0 saturated carbocycles. The standard InChI is InChI=1S/C25H28F2N4O5Si/c1-37(2,3)11-10-33-16-31-21-9-8-20(12-22(21)36-25(31)32)34-15-17-13-28-24(29-14-17)30-18-4-6-19(7-5-18)35-23(26)27/h4-9,12-14,23H,10-11,15-16H2,1-3H3,(H,28,29,30). The third-order valence-electron chi connectivity index (χ3n) is 5.30. The summed E-state index contributed by atoms with van der Waals surface area (Å²) in [6.45, 7) is 4.89. The van der Waals surface area contributed by atoms with Gasteiger partial charge in [-0.1, -0.05) is 19.6 Å². The Balaban J connectivity index is 1.31. The van der Waals surface area contributed by atoms with E-state index in [1.54, 1.807) is 42.7 Å². The molecule has 0 aliphatic rings. The van der Waals surface area contributed by atoms with Gasteiger partial charge in [0.2, 0.25) is 5.95 Å². The maximum atomic E-state index is 12.3. The van der Waals surface area contributed by atoms with Crippen molar-refractivity contribution in [1.82, 2.24) is 14.5 Å². The first-order chi connectivity index (χ1) is 17.7. The Hall–Kier alpha value is -3.77. The van der Waals surface area contributed by atoms with Crippen molar-refractivity contribution in [1.29, 1.82) is 0 Å². The van der Waals surface area contributed by atoms with Gasteiger partial charge in [0.25, 0.3) is 0 Å². The van der Waals surface area contributed by atoms with Gasteiger partial charge in [0.1, 0.15) is 24.8 Å². The molecule has 0 atom stereocenters. The number of oxazole rings is 1. The Bertz CT molecular complexity index is 1370. The molecule has 0 aliphatic carbocycles. The largest absolute Gasteiger partial charge is 0.489 e. The lowest BCUT2D eigenvalue weighted by Crippen LogP contribution is -2.23. The second-order valence-electron chi connectivity index (χ2n) is 9.51. The summed E-state index contributed by atoms with van der Waals surface area (Å²) in [6.07, 6.45) is 3.22. The van der Waals surface area contributed by atoms with Crippen LogP contribution in [0.15, 0.2) is 64.1 Å². The van der Waals surface area contributed by atoms with E-state index in [2.05, 4.69) is 39.7 Å². The number of rotatable bonds is 12. The predicted molar refractivity (Wildman–Crippen MR) is 137 cm³/mol. The highest BCUT2D eigenvalue weighted by Crippen LogP contribution is 2.22. The summed E-state index contributed by atoms with van der Waals surface area (Å²) in [5.74, 6) is 0.450. The van der Waals surface area contributed by atoms with Crippen molar-refractivity contribution in [2.75, 3.05) is 11.9 Å². The quantitative estimate of drug-likeness (QED) is 0.186. The zero-order valence-electron chi connectivity index (χ0n) is 20.7. The lowest BCUT2D eigenvalue weighted by molar-refractivity contribution is -0.0498. The summed E-state index contributed by atoms with van der Waals surface area (Å²) in [5, 5.41) is 2.98. The lowest BCUT2D eigenvalue weighted by atomic mass is 10.3. The molecule has 9 nitrogen and oxygen atoms in total. The maximum absolute atomic E-state index is 12.3. The molecule has 196 valence electrons. The van der Waals surface area contributed by atoms with Gasteiger partial charge in [-0.15, -0.1) is 0 Å². The number of hydrogen-bond acceptors (Lipinski definition) is 8. The van der Waals surface area contributed by atoms with Crippen molar-refractivity contribution in [3.8, 4) is 11.5 Å². The molecule has 2 heterocycles. The third kappa shape index (κ3) is 7.60. The van der Waals surface area contributed by atoms with Crippen molar-refractivity contribution in [2.24, 2.45) is 0 Å². The van der Waals surface area contributed by atoms with Gasteiger partial charge >= 0.3 is 12.4 Å². The first-order valence-corrected chi connectivity index (χ1v) is 15.3. The fourth-order valence-corrected chi connectivity index (χ4v) is 4.06. The fraction of sp³-hybridized carbons (Fsp3) is 0.320. The van der Waals surface area contributed by atoms with Crippen LogP contribution in [0.3, 0.4) is 0 Å². The van der Waals surface area contributed by atoms with Crippen LogP contribution in [0.4, 0.5) is 20.4 Å². The molecule has 0 unspecified atom stereocenters. The molecule has 0 bridgehead atoms. The zero-order chi connectivity index (χ0) is 26.4. The minimum absolute atomic E-state index is 0.0637. The van der Waals surface area contributed by atoms with Gasteiger partial charge in [-0.05, 0) is 42.4 Å². The molecular formula is C25H28F2N4O5Si. The molecule has 2 aromatic heterocycles. The van der Waals surface area contributed by atoms with E-state index in [-0.39, 0.29) is 19.1 Å². The molecule has 4 aromatic rings. The number of nitrogens with zero attached hydrogens (tertiary/aromatic N) is 3. The van der Waals surface area contributed by atoms with E-state index in [9.17, 15) is 13.6 Å². The van der Waals surface area contributed by atoms with Crippen LogP contribution in [-0.4, -0.2) is 35.8 Å². The molecule has 0 saturated heterocycles. The molecule has 0 amide bonds. The van der Waals surface area contributed by atoms with Crippen molar-refractivity contribution in [3.05, 3.63) is 71.0 Å². The highest BCUT2D eigenvalue weighted by Gasteiger charge is 2.14. The van der Waals surface area contributed by atoms with Crippen LogP contribution in [0, 0.1) is 0 Å².